The Hall–Kier alpha value is -1.51. The zero-order valence-electron chi connectivity index (χ0n) is 12.1. The van der Waals surface area contributed by atoms with E-state index in [1.165, 1.54) is 16.4 Å². The topological polar surface area (TPSA) is 90.8 Å². The molecule has 2 heterocycles. The van der Waals surface area contributed by atoms with Gasteiger partial charge in [0.05, 0.1) is 5.56 Å². The number of aromatic carboxylic acids is 1. The lowest BCUT2D eigenvalue weighted by Gasteiger charge is -2.26. The molecule has 1 saturated heterocycles. The van der Waals surface area contributed by atoms with Crippen LogP contribution in [0.15, 0.2) is 23.4 Å². The zero-order valence-corrected chi connectivity index (χ0v) is 12.9. The number of carbonyl (C=O) groups is 1. The van der Waals surface area contributed by atoms with E-state index in [9.17, 15) is 13.2 Å². The Kier molecular flexibility index (Phi) is 4.60. The summed E-state index contributed by atoms with van der Waals surface area (Å²) < 4.78 is 26.7. The SMILES string of the molecule is CN(C)CC1CCCN1S(=O)(=O)c1ccc(C(=O)O)cn1. The average Bonchev–Trinajstić information content (AvgIpc) is 2.86. The fourth-order valence-corrected chi connectivity index (χ4v) is 4.11. The molecule has 1 atom stereocenters. The fraction of sp³-hybridized carbons (Fsp3) is 0.538. The molecule has 1 unspecified atom stereocenters. The lowest BCUT2D eigenvalue weighted by atomic mass is 10.2. The van der Waals surface area contributed by atoms with Crippen molar-refractivity contribution in [3.8, 4) is 0 Å². The number of rotatable bonds is 5. The van der Waals surface area contributed by atoms with Crippen molar-refractivity contribution in [1.82, 2.24) is 14.2 Å². The summed E-state index contributed by atoms with van der Waals surface area (Å²) in [6.45, 7) is 1.13. The molecule has 0 amide bonds. The van der Waals surface area contributed by atoms with Crippen LogP contribution in [0.1, 0.15) is 23.2 Å². The summed E-state index contributed by atoms with van der Waals surface area (Å²) in [7, 11) is 0.138. The molecule has 0 aliphatic carbocycles. The van der Waals surface area contributed by atoms with Crippen LogP contribution >= 0.6 is 0 Å². The standard InChI is InChI=1S/C13H19N3O4S/c1-15(2)9-11-4-3-7-16(11)21(19,20)12-6-5-10(8-14-12)13(17)18/h5-6,8,11H,3-4,7,9H2,1-2H3,(H,17,18). The maximum atomic E-state index is 12.6. The number of pyridine rings is 1. The van der Waals surface area contributed by atoms with Crippen LogP contribution < -0.4 is 0 Å². The largest absolute Gasteiger partial charge is 0.478 e. The van der Waals surface area contributed by atoms with Gasteiger partial charge in [-0.1, -0.05) is 0 Å². The molecule has 21 heavy (non-hydrogen) atoms. The summed E-state index contributed by atoms with van der Waals surface area (Å²) in [5.74, 6) is -1.13. The number of carboxylic acids is 1. The Labute approximate surface area is 124 Å². The predicted molar refractivity (Wildman–Crippen MR) is 76.7 cm³/mol. The first-order valence-corrected chi connectivity index (χ1v) is 8.12. The minimum Gasteiger partial charge on any atom is -0.478 e. The van der Waals surface area contributed by atoms with Gasteiger partial charge in [-0.15, -0.1) is 0 Å². The van der Waals surface area contributed by atoms with Gasteiger partial charge in [-0.3, -0.25) is 0 Å². The van der Waals surface area contributed by atoms with Crippen molar-refractivity contribution >= 4 is 16.0 Å². The van der Waals surface area contributed by atoms with Gasteiger partial charge >= 0.3 is 5.97 Å². The number of sulfonamides is 1. The van der Waals surface area contributed by atoms with E-state index >= 15 is 0 Å². The van der Waals surface area contributed by atoms with Gasteiger partial charge in [-0.25, -0.2) is 18.2 Å². The van der Waals surface area contributed by atoms with E-state index in [2.05, 4.69) is 4.98 Å². The highest BCUT2D eigenvalue weighted by molar-refractivity contribution is 7.89. The third-order valence-electron chi connectivity index (χ3n) is 3.46. The van der Waals surface area contributed by atoms with E-state index in [4.69, 9.17) is 5.11 Å². The summed E-state index contributed by atoms with van der Waals surface area (Å²) in [6.07, 6.45) is 2.72. The number of likely N-dealkylation sites (N-methyl/N-ethyl adjacent to an activating group) is 1. The number of aromatic nitrogens is 1. The molecule has 1 aromatic heterocycles. The van der Waals surface area contributed by atoms with Crippen LogP contribution in [0.4, 0.5) is 0 Å². The maximum absolute atomic E-state index is 12.6. The van der Waals surface area contributed by atoms with Crippen molar-refractivity contribution in [2.75, 3.05) is 27.2 Å². The molecule has 8 heteroatoms. The van der Waals surface area contributed by atoms with Crippen molar-refractivity contribution in [2.45, 2.75) is 23.9 Å². The van der Waals surface area contributed by atoms with Crippen molar-refractivity contribution in [2.24, 2.45) is 0 Å². The predicted octanol–water partition coefficient (Wildman–Crippen LogP) is 0.494. The van der Waals surface area contributed by atoms with Gasteiger partial charge < -0.3 is 10.0 Å². The molecule has 0 radical (unpaired) electrons. The first kappa shape index (κ1) is 15.9. The third-order valence-corrected chi connectivity index (χ3v) is 5.32. The van der Waals surface area contributed by atoms with Crippen molar-refractivity contribution in [1.29, 1.82) is 0 Å². The molecule has 1 aliphatic rings. The second-order valence-corrected chi connectivity index (χ2v) is 7.20. The van der Waals surface area contributed by atoms with E-state index in [0.717, 1.165) is 19.0 Å². The Bertz CT molecular complexity index is 613. The molecule has 1 aliphatic heterocycles. The molecule has 0 aromatic carbocycles. The fourth-order valence-electron chi connectivity index (χ4n) is 2.51. The van der Waals surface area contributed by atoms with Crippen molar-refractivity contribution in [3.63, 3.8) is 0 Å². The van der Waals surface area contributed by atoms with Crippen LogP contribution in [-0.4, -0.2) is 66.9 Å². The van der Waals surface area contributed by atoms with Gasteiger partial charge in [0.1, 0.15) is 0 Å². The molecular weight excluding hydrogens is 294 g/mol. The molecule has 7 nitrogen and oxygen atoms in total. The van der Waals surface area contributed by atoms with Crippen molar-refractivity contribution < 1.29 is 18.3 Å². The molecule has 1 N–H and O–H groups in total. The third kappa shape index (κ3) is 3.39. The molecule has 116 valence electrons. The highest BCUT2D eigenvalue weighted by Crippen LogP contribution is 2.25. The van der Waals surface area contributed by atoms with Gasteiger partial charge in [0.25, 0.3) is 10.0 Å². The Morgan fingerprint density at radius 2 is 2.19 bits per heavy atom. The van der Waals surface area contributed by atoms with Crippen LogP contribution in [0, 0.1) is 0 Å². The molecule has 1 fully saturated rings. The normalized spacial score (nSPS) is 20.0. The first-order chi connectivity index (χ1) is 9.82. The van der Waals surface area contributed by atoms with Gasteiger partial charge in [-0.2, -0.15) is 4.31 Å². The number of carboxylic acid groups (broad SMARTS) is 1. The first-order valence-electron chi connectivity index (χ1n) is 6.68. The molecule has 0 bridgehead atoms. The van der Waals surface area contributed by atoms with Crippen LogP contribution in [0.25, 0.3) is 0 Å². The highest BCUT2D eigenvalue weighted by Gasteiger charge is 2.36. The Morgan fingerprint density at radius 1 is 1.48 bits per heavy atom. The van der Waals surface area contributed by atoms with E-state index in [1.54, 1.807) is 0 Å². The average molecular weight is 313 g/mol. The lowest BCUT2D eigenvalue weighted by molar-refractivity contribution is 0.0696. The van der Waals surface area contributed by atoms with Gasteiger partial charge in [0.15, 0.2) is 5.03 Å². The van der Waals surface area contributed by atoms with Crippen LogP contribution in [0.5, 0.6) is 0 Å². The van der Waals surface area contributed by atoms with E-state index in [1.807, 2.05) is 19.0 Å². The quantitative estimate of drug-likeness (QED) is 0.851. The lowest BCUT2D eigenvalue weighted by Crippen LogP contribution is -2.41. The number of nitrogens with zero attached hydrogens (tertiary/aromatic N) is 3. The molecule has 0 spiro atoms. The number of hydrogen-bond donors (Lipinski definition) is 1. The van der Waals surface area contributed by atoms with E-state index in [0.29, 0.717) is 13.1 Å². The molecule has 0 saturated carbocycles. The smallest absolute Gasteiger partial charge is 0.337 e. The summed E-state index contributed by atoms with van der Waals surface area (Å²) in [5.41, 5.74) is -0.0276. The monoisotopic (exact) mass is 313 g/mol. The van der Waals surface area contributed by atoms with Gasteiger partial charge in [0.2, 0.25) is 0 Å². The number of hydrogen-bond acceptors (Lipinski definition) is 5. The summed E-state index contributed by atoms with van der Waals surface area (Å²) in [6, 6.07) is 2.45. The van der Waals surface area contributed by atoms with Crippen LogP contribution in [0.2, 0.25) is 0 Å². The minimum absolute atomic E-state index is 0.0276. The summed E-state index contributed by atoms with van der Waals surface area (Å²) in [4.78, 5) is 16.5. The Balaban J connectivity index is 2.26. The molecule has 2 rings (SSSR count). The molecule has 1 aromatic rings. The summed E-state index contributed by atoms with van der Waals surface area (Å²) in [5, 5.41) is 8.73. The van der Waals surface area contributed by atoms with Crippen molar-refractivity contribution in [3.05, 3.63) is 23.9 Å². The van der Waals surface area contributed by atoms with E-state index in [-0.39, 0.29) is 16.6 Å². The Morgan fingerprint density at radius 3 is 2.71 bits per heavy atom. The maximum Gasteiger partial charge on any atom is 0.337 e. The van der Waals surface area contributed by atoms with Gasteiger partial charge in [-0.05, 0) is 39.1 Å². The second-order valence-electron chi connectivity index (χ2n) is 5.36. The van der Waals surface area contributed by atoms with E-state index < -0.39 is 16.0 Å². The minimum atomic E-state index is -3.67. The highest BCUT2D eigenvalue weighted by atomic mass is 32.2. The van der Waals surface area contributed by atoms with Gasteiger partial charge in [0, 0.05) is 25.3 Å². The summed E-state index contributed by atoms with van der Waals surface area (Å²) >= 11 is 0. The molecular formula is C13H19N3O4S. The zero-order chi connectivity index (χ0) is 15.6. The van der Waals surface area contributed by atoms with Crippen LogP contribution in [-0.2, 0) is 10.0 Å². The van der Waals surface area contributed by atoms with Crippen LogP contribution in [0.3, 0.4) is 0 Å². The second kappa shape index (κ2) is 6.08.